The van der Waals surface area contributed by atoms with Crippen molar-refractivity contribution in [3.05, 3.63) is 48.1 Å². The molecule has 0 radical (unpaired) electrons. The maximum Gasteiger partial charge on any atom is 0.247 e. The molecule has 0 spiro atoms. The maximum atomic E-state index is 12.3. The summed E-state index contributed by atoms with van der Waals surface area (Å²) in [5, 5.41) is 6.32. The van der Waals surface area contributed by atoms with Gasteiger partial charge in [0.2, 0.25) is 5.91 Å². The number of rotatable bonds is 5. The second-order valence-corrected chi connectivity index (χ2v) is 6.63. The average Bonchev–Trinajstić information content (AvgIpc) is 2.51. The van der Waals surface area contributed by atoms with Crippen molar-refractivity contribution < 1.29 is 4.79 Å². The molecule has 0 fully saturated rings. The third-order valence-electron chi connectivity index (χ3n) is 4.07. The van der Waals surface area contributed by atoms with E-state index in [0.29, 0.717) is 5.88 Å². The number of benzene rings is 1. The Hall–Kier alpha value is -1.74. The van der Waals surface area contributed by atoms with Crippen LogP contribution in [0.15, 0.2) is 42.5 Å². The minimum absolute atomic E-state index is 0.0250. The Bertz CT molecular complexity index is 620. The lowest BCUT2D eigenvalue weighted by Gasteiger charge is -2.36. The van der Waals surface area contributed by atoms with Crippen molar-refractivity contribution in [2.75, 3.05) is 16.5 Å². The average molecular weight is 319 g/mol. The smallest absolute Gasteiger partial charge is 0.247 e. The number of amides is 1. The summed E-state index contributed by atoms with van der Waals surface area (Å²) in [7, 11) is 0. The van der Waals surface area contributed by atoms with Gasteiger partial charge in [-0.2, -0.15) is 0 Å². The lowest BCUT2D eigenvalue weighted by atomic mass is 9.83. The van der Waals surface area contributed by atoms with Gasteiger partial charge in [0.05, 0.1) is 11.4 Å². The lowest BCUT2D eigenvalue weighted by molar-refractivity contribution is -0.118. The van der Waals surface area contributed by atoms with Crippen LogP contribution in [0.5, 0.6) is 0 Å². The van der Waals surface area contributed by atoms with Gasteiger partial charge in [-0.1, -0.05) is 37.6 Å². The first-order valence-electron chi connectivity index (χ1n) is 7.43. The topological polar surface area (TPSA) is 41.1 Å². The monoisotopic (exact) mass is 318 g/mol. The van der Waals surface area contributed by atoms with Crippen molar-refractivity contribution in [1.82, 2.24) is 0 Å². The summed E-state index contributed by atoms with van der Waals surface area (Å²) < 4.78 is 0. The molecular weight excluding hydrogens is 296 g/mol. The summed E-state index contributed by atoms with van der Waals surface area (Å²) in [5.41, 5.74) is 3.79. The fourth-order valence-electron chi connectivity index (χ4n) is 2.36. The molecule has 1 aromatic carbocycles. The number of nitrogens with one attached hydrogen (secondary N) is 2. The Labute approximate surface area is 137 Å². The minimum Gasteiger partial charge on any atom is -0.371 e. The van der Waals surface area contributed by atoms with Crippen LogP contribution in [0.25, 0.3) is 0 Å². The van der Waals surface area contributed by atoms with E-state index in [-0.39, 0.29) is 17.4 Å². The van der Waals surface area contributed by atoms with Crippen LogP contribution in [0.3, 0.4) is 0 Å². The van der Waals surface area contributed by atoms with Gasteiger partial charge < -0.3 is 10.6 Å². The van der Waals surface area contributed by atoms with Gasteiger partial charge in [-0.05, 0) is 31.0 Å². The SMILES string of the molecule is C=CC(C)(C)C1Nc2cc(CC=C(C)CCl)ccc2NC1=O. The Balaban J connectivity index is 2.25. The third-order valence-corrected chi connectivity index (χ3v) is 4.49. The van der Waals surface area contributed by atoms with E-state index in [0.717, 1.165) is 23.4 Å². The quantitative estimate of drug-likeness (QED) is 0.625. The van der Waals surface area contributed by atoms with Crippen molar-refractivity contribution in [2.24, 2.45) is 5.41 Å². The highest BCUT2D eigenvalue weighted by Gasteiger charge is 2.36. The van der Waals surface area contributed by atoms with Crippen molar-refractivity contribution in [2.45, 2.75) is 33.2 Å². The van der Waals surface area contributed by atoms with E-state index in [1.54, 1.807) is 0 Å². The molecule has 2 N–H and O–H groups in total. The highest BCUT2D eigenvalue weighted by molar-refractivity contribution is 6.19. The molecule has 0 bridgehead atoms. The summed E-state index contributed by atoms with van der Waals surface area (Å²) >= 11 is 5.80. The predicted octanol–water partition coefficient (Wildman–Crippen LogP) is 4.36. The van der Waals surface area contributed by atoms with E-state index in [9.17, 15) is 4.79 Å². The Morgan fingerprint density at radius 2 is 2.14 bits per heavy atom. The van der Waals surface area contributed by atoms with Crippen molar-refractivity contribution in [3.63, 3.8) is 0 Å². The number of anilines is 2. The van der Waals surface area contributed by atoms with Gasteiger partial charge in [0.1, 0.15) is 6.04 Å². The summed E-state index contributed by atoms with van der Waals surface area (Å²) in [6.45, 7) is 9.85. The zero-order chi connectivity index (χ0) is 16.3. The van der Waals surface area contributed by atoms with Crippen molar-refractivity contribution in [1.29, 1.82) is 0 Å². The van der Waals surface area contributed by atoms with Crippen LogP contribution in [0.1, 0.15) is 26.3 Å². The van der Waals surface area contributed by atoms with Gasteiger partial charge in [-0.15, -0.1) is 18.2 Å². The number of hydrogen-bond acceptors (Lipinski definition) is 2. The molecule has 1 aromatic rings. The number of hydrogen-bond donors (Lipinski definition) is 2. The Kier molecular flexibility index (Phi) is 4.97. The molecular formula is C18H23ClN2O. The molecule has 1 aliphatic rings. The molecule has 2 rings (SSSR count). The van der Waals surface area contributed by atoms with Gasteiger partial charge in [0.15, 0.2) is 0 Å². The molecule has 0 saturated carbocycles. The highest BCUT2D eigenvalue weighted by atomic mass is 35.5. The first-order chi connectivity index (χ1) is 10.4. The molecule has 1 unspecified atom stereocenters. The molecule has 1 amide bonds. The lowest BCUT2D eigenvalue weighted by Crippen LogP contribution is -2.47. The molecule has 0 saturated heterocycles. The molecule has 3 nitrogen and oxygen atoms in total. The predicted molar refractivity (Wildman–Crippen MR) is 94.6 cm³/mol. The molecule has 1 aliphatic heterocycles. The first kappa shape index (κ1) is 16.6. The van der Waals surface area contributed by atoms with Crippen LogP contribution in [0.4, 0.5) is 11.4 Å². The zero-order valence-corrected chi connectivity index (χ0v) is 14.1. The summed E-state index contributed by atoms with van der Waals surface area (Å²) in [4.78, 5) is 12.3. The molecule has 0 aromatic heterocycles. The molecule has 118 valence electrons. The fraction of sp³-hybridized carbons (Fsp3) is 0.389. The number of carbonyl (C=O) groups excluding carboxylic acids is 1. The van der Waals surface area contributed by atoms with Crippen molar-refractivity contribution >= 4 is 28.9 Å². The number of fused-ring (bicyclic) bond motifs is 1. The molecule has 1 heterocycles. The molecule has 0 aliphatic carbocycles. The molecule has 22 heavy (non-hydrogen) atoms. The summed E-state index contributed by atoms with van der Waals surface area (Å²) in [6, 6.07) is 5.72. The van der Waals surface area contributed by atoms with Crippen molar-refractivity contribution in [3.8, 4) is 0 Å². The van der Waals surface area contributed by atoms with Crippen LogP contribution in [0, 0.1) is 5.41 Å². The van der Waals surface area contributed by atoms with Crippen LogP contribution >= 0.6 is 11.6 Å². The van der Waals surface area contributed by atoms with Crippen LogP contribution < -0.4 is 10.6 Å². The van der Waals surface area contributed by atoms with E-state index in [1.165, 1.54) is 5.56 Å². The number of allylic oxidation sites excluding steroid dienone is 2. The maximum absolute atomic E-state index is 12.3. The van der Waals surface area contributed by atoms with Gasteiger partial charge in [-0.3, -0.25) is 4.79 Å². The third kappa shape index (κ3) is 3.53. The van der Waals surface area contributed by atoms with E-state index in [2.05, 4.69) is 29.4 Å². The van der Waals surface area contributed by atoms with Gasteiger partial charge >= 0.3 is 0 Å². The largest absolute Gasteiger partial charge is 0.371 e. The van der Waals surface area contributed by atoms with Crippen LogP contribution in [0.2, 0.25) is 0 Å². The van der Waals surface area contributed by atoms with Gasteiger partial charge in [-0.25, -0.2) is 0 Å². The molecule has 4 heteroatoms. The summed E-state index contributed by atoms with van der Waals surface area (Å²) in [5.74, 6) is 0.525. The minimum atomic E-state index is -0.326. The van der Waals surface area contributed by atoms with E-state index in [4.69, 9.17) is 11.6 Å². The zero-order valence-electron chi connectivity index (χ0n) is 13.4. The van der Waals surface area contributed by atoms with E-state index >= 15 is 0 Å². The first-order valence-corrected chi connectivity index (χ1v) is 7.96. The number of halogens is 1. The van der Waals surface area contributed by atoms with E-state index in [1.807, 2.05) is 39.0 Å². The van der Waals surface area contributed by atoms with Gasteiger partial charge in [0.25, 0.3) is 0 Å². The normalized spacial score (nSPS) is 18.3. The van der Waals surface area contributed by atoms with Gasteiger partial charge in [0, 0.05) is 11.3 Å². The van der Waals surface area contributed by atoms with Crippen LogP contribution in [-0.4, -0.2) is 17.8 Å². The summed E-state index contributed by atoms with van der Waals surface area (Å²) in [6.07, 6.45) is 4.77. The Morgan fingerprint density at radius 3 is 2.77 bits per heavy atom. The second kappa shape index (κ2) is 6.57. The Morgan fingerprint density at radius 1 is 1.41 bits per heavy atom. The number of alkyl halides is 1. The van der Waals surface area contributed by atoms with E-state index < -0.39 is 0 Å². The standard InChI is InChI=1S/C18H23ClN2O/c1-5-18(3,4)16-17(22)21-14-9-8-13(10-15(14)20-16)7-6-12(2)11-19/h5-6,8-10,16,20H,1,7,11H2,2-4H3,(H,21,22). The molecule has 1 atom stereocenters. The second-order valence-electron chi connectivity index (χ2n) is 6.36. The number of carbonyl (C=O) groups is 1. The highest BCUT2D eigenvalue weighted by Crippen LogP contribution is 2.34. The fourth-order valence-corrected chi connectivity index (χ4v) is 2.47. The van der Waals surface area contributed by atoms with Crippen LogP contribution in [-0.2, 0) is 11.2 Å².